The first-order valence-electron chi connectivity index (χ1n) is 35.6. The SMILES string of the molecule is C[n+]1c2n(c3cn4cnccc4c31)Cc1ccccc1-2.[2H]C([2H])([2H])[n+]1c2n(c3nc4cnccn4c31)Cc1ccccc1-2.c1ccc(-n2c3[n+](c4cn5cnccc5c42)Cc2ccccc2-3)cc1.c1ccc2c(c1)C[n+]1c-2oc2c3ccncn3cc21.c1ccc2c(c1)C[n+]1c-2sc2c3ccncn3cc21. The van der Waals surface area contributed by atoms with Gasteiger partial charge >= 0.3 is 5.89 Å². The van der Waals surface area contributed by atoms with Crippen LogP contribution in [0.2, 0.25) is 0 Å². The van der Waals surface area contributed by atoms with E-state index in [0.717, 1.165) is 59.8 Å². The Morgan fingerprint density at radius 1 is 0.456 bits per heavy atom. The third-order valence-electron chi connectivity index (χ3n) is 21.0. The molecule has 21 heteroatoms. The van der Waals surface area contributed by atoms with Gasteiger partial charge in [-0.2, -0.15) is 18.7 Å². The maximum absolute atomic E-state index is 8.02. The first-order valence-corrected chi connectivity index (χ1v) is 35.0. The summed E-state index contributed by atoms with van der Waals surface area (Å²) in [6.07, 6.45) is 28.4. The third-order valence-corrected chi connectivity index (χ3v) is 22.3. The molecule has 103 heavy (non-hydrogen) atoms. The van der Waals surface area contributed by atoms with Crippen molar-refractivity contribution in [2.24, 2.45) is 14.0 Å². The van der Waals surface area contributed by atoms with Crippen molar-refractivity contribution in [1.82, 2.24) is 65.6 Å². The van der Waals surface area contributed by atoms with Crippen molar-refractivity contribution >= 4 is 93.7 Å². The molecule has 0 radical (unpaired) electrons. The second kappa shape index (κ2) is 22.0. The summed E-state index contributed by atoms with van der Waals surface area (Å²) in [5, 5.41) is 1.37. The topological polar surface area (TPSA) is 147 Å². The summed E-state index contributed by atoms with van der Waals surface area (Å²) < 4.78 is 59.2. The summed E-state index contributed by atoms with van der Waals surface area (Å²) in [5.74, 6) is 4.19. The molecule has 26 rings (SSSR count). The number of aromatic nitrogens is 19. The van der Waals surface area contributed by atoms with Gasteiger partial charge in [0.2, 0.25) is 28.1 Å². The second-order valence-electron chi connectivity index (χ2n) is 26.5. The number of aryl methyl sites for hydroxylation is 2. The fourth-order valence-corrected chi connectivity index (χ4v) is 17.8. The highest BCUT2D eigenvalue weighted by molar-refractivity contribution is 7.22. The van der Waals surface area contributed by atoms with Gasteiger partial charge in [-0.3, -0.25) is 22.6 Å². The van der Waals surface area contributed by atoms with Gasteiger partial charge in [0, 0.05) is 52.6 Å². The standard InChI is InChI=1S/C21H15N4.C16H13N4.C15H12N5.C15H10N3O.C15H10N3S/c1-2-7-16(8-3-1)25-20-18-10-11-22-14-23(18)13-19(20)24-12-15-6-4-5-9-17(15)21(24)25;1-18-15-13-6-7-17-10-19(13)9-14(15)20-8-11-4-2-3-5-12(11)16(18)20;1-18-14-11-5-3-2-4-10(11)9-20(14)13-15(18)19-7-6-16-8-12(19)17-13;2*1-2-4-11-10(3-1)7-18-13-8-17-9-16-6-5-12(17)14(13)19-15(11)18/h1-11,13-14H,12H2;2-7,9-10H,8H2,1H3;2-8H,9H2,1H3;2*1-6,8-9H,7H2/q5*+1/i;;1D3;;. The minimum Gasteiger partial charge on any atom is -0.395 e. The molecule has 0 saturated heterocycles. The van der Waals surface area contributed by atoms with E-state index in [4.69, 9.17) is 8.53 Å². The number of hydrogen-bond donors (Lipinski definition) is 0. The van der Waals surface area contributed by atoms with Gasteiger partial charge in [0.25, 0.3) is 33.5 Å². The molecule has 20 heterocycles. The van der Waals surface area contributed by atoms with Crippen LogP contribution in [0.3, 0.4) is 0 Å². The summed E-state index contributed by atoms with van der Waals surface area (Å²) in [6.45, 7) is 2.05. The number of imidazole rings is 4. The van der Waals surface area contributed by atoms with Crippen LogP contribution in [0, 0.1) is 0 Å². The Balaban J connectivity index is 0.0000000830. The quantitative estimate of drug-likeness (QED) is 0.149. The molecule has 0 unspecified atom stereocenters. The number of benzene rings is 6. The van der Waals surface area contributed by atoms with Crippen LogP contribution in [-0.4, -0.2) is 65.6 Å². The molecule has 0 spiro atoms. The first-order chi connectivity index (χ1) is 52.1. The first kappa shape index (κ1) is 54.4. The van der Waals surface area contributed by atoms with Crippen LogP contribution in [0.25, 0.3) is 144 Å². The van der Waals surface area contributed by atoms with E-state index >= 15 is 0 Å². The lowest BCUT2D eigenvalue weighted by Crippen LogP contribution is -2.31. The molecule has 6 aromatic carbocycles. The van der Waals surface area contributed by atoms with E-state index in [1.807, 2.05) is 88.2 Å². The van der Waals surface area contributed by atoms with Crippen LogP contribution < -0.4 is 22.8 Å². The lowest BCUT2D eigenvalue weighted by Gasteiger charge is -2.02. The lowest BCUT2D eigenvalue weighted by atomic mass is 10.1. The van der Waals surface area contributed by atoms with Crippen LogP contribution >= 0.6 is 11.3 Å². The number of para-hydroxylation sites is 1. The van der Waals surface area contributed by atoms with Gasteiger partial charge in [-0.1, -0.05) is 121 Å². The predicted molar refractivity (Wildman–Crippen MR) is 392 cm³/mol. The minimum atomic E-state index is -2.30. The molecule has 21 aromatic rings. The van der Waals surface area contributed by atoms with Gasteiger partial charge < -0.3 is 4.42 Å². The van der Waals surface area contributed by atoms with Gasteiger partial charge in [-0.15, -0.1) is 0 Å². The number of thiazole rings is 1. The van der Waals surface area contributed by atoms with Crippen LogP contribution in [0.4, 0.5) is 0 Å². The Labute approximate surface area is 593 Å². The average molecular weight is 1360 g/mol. The molecule has 20 nitrogen and oxygen atoms in total. The maximum Gasteiger partial charge on any atom is 0.382 e. The number of oxazole rings is 1. The fraction of sp³-hybridized carbons (Fsp3) is 0.0854. The molecule has 0 saturated carbocycles. The molecule has 0 aliphatic carbocycles. The highest BCUT2D eigenvalue weighted by Gasteiger charge is 2.40. The monoisotopic (exact) mass is 1360 g/mol. The van der Waals surface area contributed by atoms with Gasteiger partial charge in [0.05, 0.1) is 138 Å². The Hall–Kier alpha value is -13.5. The molecule has 5 aliphatic rings. The highest BCUT2D eigenvalue weighted by Crippen LogP contribution is 2.41. The van der Waals surface area contributed by atoms with E-state index in [9.17, 15) is 0 Å². The molecule has 0 amide bonds. The molecule has 15 aromatic heterocycles. The van der Waals surface area contributed by atoms with Gasteiger partial charge in [0.15, 0.2) is 29.6 Å². The molecule has 5 aliphatic heterocycles. The van der Waals surface area contributed by atoms with E-state index in [0.29, 0.717) is 29.3 Å². The number of rotatable bonds is 1. The van der Waals surface area contributed by atoms with E-state index < -0.39 is 6.98 Å². The summed E-state index contributed by atoms with van der Waals surface area (Å²) in [7, 11) is 2.15. The van der Waals surface area contributed by atoms with Crippen molar-refractivity contribution in [2.75, 3.05) is 0 Å². The number of fused-ring (bicyclic) bond motifs is 35. The number of nitrogens with zero attached hydrogens (tertiary/aromatic N) is 19. The molecular formula is C82H60N19OS+5. The van der Waals surface area contributed by atoms with E-state index in [-0.39, 0.29) is 0 Å². The Morgan fingerprint density at radius 3 is 1.73 bits per heavy atom. The average Bonchev–Trinajstić information content (AvgIpc) is 1.55. The Morgan fingerprint density at radius 2 is 1.00 bits per heavy atom. The van der Waals surface area contributed by atoms with Crippen molar-refractivity contribution in [1.29, 1.82) is 0 Å². The zero-order valence-electron chi connectivity index (χ0n) is 58.3. The molecule has 0 N–H and O–H groups in total. The van der Waals surface area contributed by atoms with Gasteiger partial charge in [-0.05, 0) is 66.7 Å². The summed E-state index contributed by atoms with van der Waals surface area (Å²) >= 11 is 1.88. The van der Waals surface area contributed by atoms with Crippen molar-refractivity contribution < 1.29 is 31.4 Å². The smallest absolute Gasteiger partial charge is 0.382 e. The molecular weight excluding hydrogens is 1300 g/mol. The molecule has 0 fully saturated rings. The lowest BCUT2D eigenvalue weighted by molar-refractivity contribution is -0.649. The van der Waals surface area contributed by atoms with Crippen LogP contribution in [0.5, 0.6) is 0 Å². The summed E-state index contributed by atoms with van der Waals surface area (Å²) in [5.41, 5.74) is 28.9. The van der Waals surface area contributed by atoms with E-state index in [1.165, 1.54) is 120 Å². The predicted octanol–water partition coefficient (Wildman–Crippen LogP) is 12.5. The number of hydrogen-bond acceptors (Lipinski definition) is 8. The zero-order chi connectivity index (χ0) is 70.2. The van der Waals surface area contributed by atoms with Crippen LogP contribution in [0.1, 0.15) is 31.9 Å². The van der Waals surface area contributed by atoms with Gasteiger partial charge in [0.1, 0.15) is 29.0 Å². The van der Waals surface area contributed by atoms with Crippen molar-refractivity contribution in [2.45, 2.75) is 32.7 Å². The highest BCUT2D eigenvalue weighted by atomic mass is 32.1. The Bertz CT molecular complexity index is 7080. The largest absolute Gasteiger partial charge is 0.395 e. The molecule has 0 bridgehead atoms. The zero-order valence-corrected chi connectivity index (χ0v) is 56.1. The third kappa shape index (κ3) is 8.41. The van der Waals surface area contributed by atoms with Gasteiger partial charge in [-0.25, -0.2) is 47.2 Å². The summed E-state index contributed by atoms with van der Waals surface area (Å²) in [4.78, 5) is 25.4. The van der Waals surface area contributed by atoms with Crippen molar-refractivity contribution in [3.05, 3.63) is 297 Å². The Kier molecular flexibility index (Phi) is 11.6. The second-order valence-corrected chi connectivity index (χ2v) is 27.5. The summed E-state index contributed by atoms with van der Waals surface area (Å²) in [6, 6.07) is 61.1. The van der Waals surface area contributed by atoms with Crippen molar-refractivity contribution in [3.8, 4) is 61.9 Å². The normalized spacial score (nSPS) is 13.5. The van der Waals surface area contributed by atoms with Crippen LogP contribution in [-0.2, 0) is 46.7 Å². The molecule has 490 valence electrons. The van der Waals surface area contributed by atoms with Crippen molar-refractivity contribution in [3.63, 3.8) is 0 Å². The van der Waals surface area contributed by atoms with E-state index in [1.54, 1.807) is 35.5 Å². The maximum atomic E-state index is 8.02. The van der Waals surface area contributed by atoms with E-state index in [2.05, 4.69) is 248 Å². The minimum absolute atomic E-state index is 0.576. The van der Waals surface area contributed by atoms with Crippen LogP contribution in [0.15, 0.2) is 274 Å². The molecule has 0 atom stereocenters. The fourth-order valence-electron chi connectivity index (χ4n) is 16.5.